The van der Waals surface area contributed by atoms with Crippen LogP contribution in [0.3, 0.4) is 0 Å². The average Bonchev–Trinajstić information content (AvgIpc) is 3.06. The van der Waals surface area contributed by atoms with E-state index in [2.05, 4.69) is 9.97 Å². The second-order valence-corrected chi connectivity index (χ2v) is 8.70. The number of benzene rings is 1. The number of ether oxygens (including phenoxy) is 2. The number of H-pyrrole nitrogens is 2. The van der Waals surface area contributed by atoms with Gasteiger partial charge in [-0.1, -0.05) is 13.0 Å². The first-order chi connectivity index (χ1) is 16.7. The maximum absolute atomic E-state index is 14.5. The van der Waals surface area contributed by atoms with Crippen molar-refractivity contribution >= 4 is 16.8 Å². The lowest BCUT2D eigenvalue weighted by molar-refractivity contribution is -0.275. The third kappa shape index (κ3) is 3.74. The number of rotatable bonds is 4. The molecule has 4 atom stereocenters. The van der Waals surface area contributed by atoms with E-state index in [4.69, 9.17) is 15.2 Å². The Hall–Kier alpha value is -3.74. The van der Waals surface area contributed by atoms with Gasteiger partial charge in [0.1, 0.15) is 17.2 Å². The van der Waals surface area contributed by atoms with Gasteiger partial charge < -0.3 is 25.2 Å². The number of aromatic nitrogens is 2. The van der Waals surface area contributed by atoms with Crippen molar-refractivity contribution in [1.82, 2.24) is 9.97 Å². The van der Waals surface area contributed by atoms with E-state index in [9.17, 15) is 36.3 Å². The number of carbonyl (C=O) groups is 1. The Kier molecular flexibility index (Phi) is 5.94. The van der Waals surface area contributed by atoms with E-state index in [1.807, 2.05) is 0 Å². The minimum absolute atomic E-state index is 0.119. The Morgan fingerprint density at radius 2 is 1.83 bits per heavy atom. The average molecular weight is 513 g/mol. The first kappa shape index (κ1) is 25.4. The molecule has 0 saturated carbocycles. The van der Waals surface area contributed by atoms with Gasteiger partial charge in [-0.05, 0) is 19.1 Å². The minimum Gasteiger partial charge on any atom is -0.493 e. The van der Waals surface area contributed by atoms with Crippen LogP contribution in [0.25, 0.3) is 10.9 Å². The van der Waals surface area contributed by atoms with Gasteiger partial charge in [0.15, 0.2) is 22.6 Å². The lowest BCUT2D eigenvalue weighted by atomic mass is 9.76. The minimum atomic E-state index is -4.89. The monoisotopic (exact) mass is 513 g/mol. The molecule has 1 aliphatic rings. The maximum Gasteiger partial charge on any atom is 0.417 e. The summed E-state index contributed by atoms with van der Waals surface area (Å²) in [6, 6.07) is 3.80. The summed E-state index contributed by atoms with van der Waals surface area (Å²) in [5, 5.41) is -0.393. The molecule has 1 aromatic carbocycles. The number of nitrogens with one attached hydrogen (secondary N) is 2. The van der Waals surface area contributed by atoms with Crippen molar-refractivity contribution in [2.75, 3.05) is 7.11 Å². The number of primary amides is 1. The number of alkyl halides is 3. The van der Waals surface area contributed by atoms with Crippen molar-refractivity contribution in [1.29, 1.82) is 0 Å². The number of carbonyl (C=O) groups excluding carboxylic acids is 1. The second kappa shape index (κ2) is 8.43. The molecule has 4 N–H and O–H groups in total. The van der Waals surface area contributed by atoms with Crippen molar-refractivity contribution < 1.29 is 36.2 Å². The molecule has 13 heteroatoms. The fourth-order valence-corrected chi connectivity index (χ4v) is 4.67. The SMILES string of the molecule is COc1c([C@H]2[C@H](c3cc(=O)c4c(=O)[nH]c(C(N)=O)cc4[nH]3)O[C@@](C)(C(F)(F)F)[C@H]2C)ccc(F)c1F. The topological polar surface area (TPSA) is 127 Å². The summed E-state index contributed by atoms with van der Waals surface area (Å²) in [4.78, 5) is 41.5. The zero-order valence-corrected chi connectivity index (χ0v) is 19.0. The smallest absolute Gasteiger partial charge is 0.417 e. The molecule has 1 saturated heterocycles. The molecule has 0 radical (unpaired) electrons. The van der Waals surface area contributed by atoms with Crippen LogP contribution in [0.4, 0.5) is 22.0 Å². The van der Waals surface area contributed by atoms with Gasteiger partial charge >= 0.3 is 6.18 Å². The first-order valence-corrected chi connectivity index (χ1v) is 10.6. The number of hydrogen-bond acceptors (Lipinski definition) is 5. The summed E-state index contributed by atoms with van der Waals surface area (Å²) in [6.45, 7) is 2.04. The van der Waals surface area contributed by atoms with Gasteiger partial charge in [-0.3, -0.25) is 14.4 Å². The number of pyridine rings is 2. The largest absolute Gasteiger partial charge is 0.493 e. The number of hydrogen-bond donors (Lipinski definition) is 3. The van der Waals surface area contributed by atoms with Gasteiger partial charge in [-0.15, -0.1) is 0 Å². The standard InChI is InChI=1S/C23H20F5N3O5/c1-8-15(9-4-5-10(24)17(25)18(9)35-3)19(36-22(8,2)23(26,27)28)12-7-14(32)16-11(30-12)6-13(20(29)33)31-21(16)34/h4-8,15,19H,1-3H3,(H2,29,33)(H,30,32)(H,31,34)/t8-,15-,19-,22+/m0/s1. The Labute approximate surface area is 199 Å². The van der Waals surface area contributed by atoms with Gasteiger partial charge in [0.25, 0.3) is 11.5 Å². The van der Waals surface area contributed by atoms with Crippen molar-refractivity contribution in [3.05, 3.63) is 73.4 Å². The summed E-state index contributed by atoms with van der Waals surface area (Å²) in [5.41, 5.74) is -0.210. The molecule has 0 spiro atoms. The first-order valence-electron chi connectivity index (χ1n) is 10.6. The molecule has 1 amide bonds. The molecule has 0 bridgehead atoms. The summed E-state index contributed by atoms with van der Waals surface area (Å²) in [5.74, 6) is -6.95. The van der Waals surface area contributed by atoms with Crippen LogP contribution in [0.1, 0.15) is 47.6 Å². The summed E-state index contributed by atoms with van der Waals surface area (Å²) in [6.07, 6.45) is -6.43. The fourth-order valence-electron chi connectivity index (χ4n) is 4.67. The zero-order valence-electron chi connectivity index (χ0n) is 19.0. The molecule has 0 aliphatic carbocycles. The van der Waals surface area contributed by atoms with Crippen molar-refractivity contribution in [2.24, 2.45) is 11.7 Å². The molecular formula is C23H20F5N3O5. The number of nitrogens with two attached hydrogens (primary N) is 1. The van der Waals surface area contributed by atoms with Gasteiger partial charge in [0.2, 0.25) is 5.82 Å². The van der Waals surface area contributed by atoms with E-state index in [1.165, 1.54) is 6.92 Å². The molecule has 4 rings (SSSR count). The van der Waals surface area contributed by atoms with Gasteiger partial charge in [0.05, 0.1) is 12.6 Å². The quantitative estimate of drug-likeness (QED) is 0.461. The van der Waals surface area contributed by atoms with Crippen molar-refractivity contribution in [2.45, 2.75) is 37.6 Å². The predicted molar refractivity (Wildman–Crippen MR) is 117 cm³/mol. The highest BCUT2D eigenvalue weighted by Gasteiger charge is 2.65. The molecule has 1 aliphatic heterocycles. The summed E-state index contributed by atoms with van der Waals surface area (Å²) in [7, 11) is 1.04. The van der Waals surface area contributed by atoms with Crippen LogP contribution in [0.5, 0.6) is 5.75 Å². The molecule has 36 heavy (non-hydrogen) atoms. The maximum atomic E-state index is 14.5. The fraction of sp³-hybridized carbons (Fsp3) is 0.348. The van der Waals surface area contributed by atoms with Gasteiger partial charge in [-0.25, -0.2) is 4.39 Å². The van der Waals surface area contributed by atoms with Crippen LogP contribution in [0.2, 0.25) is 0 Å². The van der Waals surface area contributed by atoms with Crippen LogP contribution in [-0.2, 0) is 4.74 Å². The Morgan fingerprint density at radius 1 is 1.17 bits per heavy atom. The number of aromatic amines is 2. The zero-order chi connectivity index (χ0) is 26.7. The van der Waals surface area contributed by atoms with E-state index in [0.717, 1.165) is 38.3 Å². The van der Waals surface area contributed by atoms with Crippen LogP contribution < -0.4 is 21.5 Å². The second-order valence-electron chi connectivity index (χ2n) is 8.70. The van der Waals surface area contributed by atoms with Crippen molar-refractivity contribution in [3.63, 3.8) is 0 Å². The van der Waals surface area contributed by atoms with Crippen LogP contribution in [0, 0.1) is 17.6 Å². The van der Waals surface area contributed by atoms with E-state index >= 15 is 0 Å². The van der Waals surface area contributed by atoms with E-state index < -0.39 is 69.4 Å². The Morgan fingerprint density at radius 3 is 2.42 bits per heavy atom. The van der Waals surface area contributed by atoms with E-state index in [1.54, 1.807) is 0 Å². The summed E-state index contributed by atoms with van der Waals surface area (Å²) >= 11 is 0. The van der Waals surface area contributed by atoms with Crippen LogP contribution in [0.15, 0.2) is 33.9 Å². The molecule has 1 fully saturated rings. The highest BCUT2D eigenvalue weighted by molar-refractivity contribution is 5.94. The number of amides is 1. The highest BCUT2D eigenvalue weighted by atomic mass is 19.4. The Bertz CT molecular complexity index is 1500. The third-order valence-corrected chi connectivity index (χ3v) is 6.73. The lowest BCUT2D eigenvalue weighted by Crippen LogP contribution is -2.46. The molecule has 0 unspecified atom stereocenters. The van der Waals surface area contributed by atoms with Crippen LogP contribution >= 0.6 is 0 Å². The molecule has 192 valence electrons. The Balaban J connectivity index is 2.00. The van der Waals surface area contributed by atoms with Gasteiger partial charge in [0, 0.05) is 29.2 Å². The number of halogens is 5. The highest BCUT2D eigenvalue weighted by Crippen LogP contribution is 2.59. The normalized spacial score (nSPS) is 24.3. The van der Waals surface area contributed by atoms with E-state index in [0.29, 0.717) is 0 Å². The van der Waals surface area contributed by atoms with Crippen molar-refractivity contribution in [3.8, 4) is 5.75 Å². The van der Waals surface area contributed by atoms with Gasteiger partial charge in [-0.2, -0.15) is 17.6 Å². The molecule has 3 aromatic rings. The molecule has 3 heterocycles. The van der Waals surface area contributed by atoms with E-state index in [-0.39, 0.29) is 22.5 Å². The molecule has 8 nitrogen and oxygen atoms in total. The molecular weight excluding hydrogens is 493 g/mol. The number of methoxy groups -OCH3 is 1. The predicted octanol–water partition coefficient (Wildman–Crippen LogP) is 3.41. The third-order valence-electron chi connectivity index (χ3n) is 6.73. The lowest BCUT2D eigenvalue weighted by Gasteiger charge is -2.32. The number of fused-ring (bicyclic) bond motifs is 1. The summed E-state index contributed by atoms with van der Waals surface area (Å²) < 4.78 is 81.4. The molecule has 2 aromatic heterocycles. The van der Waals surface area contributed by atoms with Crippen LogP contribution in [-0.4, -0.2) is 34.8 Å².